The van der Waals surface area contributed by atoms with E-state index in [9.17, 15) is 9.59 Å². The molecule has 4 nitrogen and oxygen atoms in total. The summed E-state index contributed by atoms with van der Waals surface area (Å²) in [5.41, 5.74) is 1.31. The zero-order chi connectivity index (χ0) is 16.4. The van der Waals surface area contributed by atoms with E-state index in [-0.39, 0.29) is 0 Å². The van der Waals surface area contributed by atoms with Crippen LogP contribution in [-0.2, 0) is 9.59 Å². The Morgan fingerprint density at radius 1 is 1.05 bits per heavy atom. The molecule has 2 N–H and O–H groups in total. The molecule has 1 aromatic carbocycles. The maximum atomic E-state index is 11.8. The van der Waals surface area contributed by atoms with E-state index in [1.165, 1.54) is 25.7 Å². The van der Waals surface area contributed by atoms with Crippen molar-refractivity contribution < 1.29 is 9.59 Å². The summed E-state index contributed by atoms with van der Waals surface area (Å²) in [5, 5.41) is 5.79. The van der Waals surface area contributed by atoms with Crippen LogP contribution in [0.25, 0.3) is 0 Å². The van der Waals surface area contributed by atoms with Crippen molar-refractivity contribution in [2.45, 2.75) is 52.4 Å². The number of hydrogen-bond donors (Lipinski definition) is 2. The molecule has 0 fully saturated rings. The molecule has 22 heavy (non-hydrogen) atoms. The normalized spacial score (nSPS) is 10.3. The number of amides is 2. The van der Waals surface area contributed by atoms with Crippen LogP contribution in [0.3, 0.4) is 0 Å². The number of anilines is 1. The Morgan fingerprint density at radius 2 is 1.73 bits per heavy atom. The number of carbonyl (C=O) groups excluding carboxylic acids is 2. The molecule has 0 aliphatic rings. The molecule has 5 heteroatoms. The number of carbonyl (C=O) groups is 2. The SMILES string of the molecule is CCCCCCCCNC(=O)C(=O)Nc1cccc(Cl)c1C. The van der Waals surface area contributed by atoms with Gasteiger partial charge in [-0.2, -0.15) is 0 Å². The van der Waals surface area contributed by atoms with Crippen LogP contribution in [0.1, 0.15) is 51.0 Å². The Balaban J connectivity index is 2.28. The molecule has 0 spiro atoms. The molecule has 1 aromatic rings. The fourth-order valence-corrected chi connectivity index (χ4v) is 2.28. The van der Waals surface area contributed by atoms with Gasteiger partial charge in [-0.3, -0.25) is 9.59 Å². The van der Waals surface area contributed by atoms with Gasteiger partial charge in [-0.05, 0) is 31.0 Å². The standard InChI is InChI=1S/C17H25ClN2O2/c1-3-4-5-6-7-8-12-19-16(21)17(22)20-15-11-9-10-14(18)13(15)2/h9-11H,3-8,12H2,1-2H3,(H,19,21)(H,20,22). The van der Waals surface area contributed by atoms with Crippen molar-refractivity contribution in [2.24, 2.45) is 0 Å². The van der Waals surface area contributed by atoms with Crippen molar-refractivity contribution in [3.63, 3.8) is 0 Å². The van der Waals surface area contributed by atoms with Crippen molar-refractivity contribution in [1.29, 1.82) is 0 Å². The Bertz CT molecular complexity index is 503. The lowest BCUT2D eigenvalue weighted by molar-refractivity contribution is -0.136. The molecule has 122 valence electrons. The van der Waals surface area contributed by atoms with Crippen molar-refractivity contribution >= 4 is 29.1 Å². The van der Waals surface area contributed by atoms with Crippen LogP contribution in [0.15, 0.2) is 18.2 Å². The molecule has 0 heterocycles. The van der Waals surface area contributed by atoms with Crippen molar-refractivity contribution in [3.05, 3.63) is 28.8 Å². The van der Waals surface area contributed by atoms with Gasteiger partial charge < -0.3 is 10.6 Å². The fourth-order valence-electron chi connectivity index (χ4n) is 2.11. The number of benzene rings is 1. The third-order valence-electron chi connectivity index (χ3n) is 3.54. The minimum Gasteiger partial charge on any atom is -0.348 e. The second-order valence-corrected chi connectivity index (χ2v) is 5.80. The second kappa shape index (κ2) is 10.2. The Hall–Kier alpha value is -1.55. The Kier molecular flexibility index (Phi) is 8.60. The summed E-state index contributed by atoms with van der Waals surface area (Å²) >= 11 is 5.98. The Labute approximate surface area is 137 Å². The maximum absolute atomic E-state index is 11.8. The zero-order valence-electron chi connectivity index (χ0n) is 13.4. The minimum atomic E-state index is -0.656. The van der Waals surface area contributed by atoms with E-state index >= 15 is 0 Å². The van der Waals surface area contributed by atoms with E-state index in [4.69, 9.17) is 11.6 Å². The van der Waals surface area contributed by atoms with Crippen LogP contribution in [0, 0.1) is 6.92 Å². The van der Waals surface area contributed by atoms with Gasteiger partial charge in [0.2, 0.25) is 0 Å². The predicted octanol–water partition coefficient (Wildman–Crippen LogP) is 4.06. The molecule has 0 aliphatic heterocycles. The lowest BCUT2D eigenvalue weighted by Gasteiger charge is -2.09. The van der Waals surface area contributed by atoms with Gasteiger partial charge in [-0.25, -0.2) is 0 Å². The van der Waals surface area contributed by atoms with Gasteiger partial charge in [-0.15, -0.1) is 0 Å². The van der Waals surface area contributed by atoms with Crippen LogP contribution in [-0.4, -0.2) is 18.4 Å². The molecule has 0 atom stereocenters. The van der Waals surface area contributed by atoms with E-state index < -0.39 is 11.8 Å². The average molecular weight is 325 g/mol. The minimum absolute atomic E-state index is 0.535. The third-order valence-corrected chi connectivity index (χ3v) is 3.95. The molecule has 0 unspecified atom stereocenters. The van der Waals surface area contributed by atoms with Crippen LogP contribution < -0.4 is 10.6 Å². The summed E-state index contributed by atoms with van der Waals surface area (Å²) in [5.74, 6) is -1.26. The summed E-state index contributed by atoms with van der Waals surface area (Å²) < 4.78 is 0. The molecule has 0 saturated carbocycles. The van der Waals surface area contributed by atoms with Crippen LogP contribution in [0.4, 0.5) is 5.69 Å². The molecule has 1 rings (SSSR count). The largest absolute Gasteiger partial charge is 0.348 e. The topological polar surface area (TPSA) is 58.2 Å². The summed E-state index contributed by atoms with van der Waals surface area (Å²) in [6, 6.07) is 5.20. The second-order valence-electron chi connectivity index (χ2n) is 5.39. The molecule has 2 amide bonds. The summed E-state index contributed by atoms with van der Waals surface area (Å²) in [6.07, 6.45) is 6.87. The van der Waals surface area contributed by atoms with Crippen molar-refractivity contribution in [3.8, 4) is 0 Å². The monoisotopic (exact) mass is 324 g/mol. The van der Waals surface area contributed by atoms with Gasteiger partial charge in [-0.1, -0.05) is 56.7 Å². The van der Waals surface area contributed by atoms with Crippen LogP contribution in [0.2, 0.25) is 5.02 Å². The lowest BCUT2D eigenvalue weighted by atomic mass is 10.1. The average Bonchev–Trinajstić information content (AvgIpc) is 2.50. The molecular formula is C17H25ClN2O2. The van der Waals surface area contributed by atoms with Gasteiger partial charge >= 0.3 is 11.8 Å². The fraction of sp³-hybridized carbons (Fsp3) is 0.529. The first-order valence-electron chi connectivity index (χ1n) is 7.90. The van der Waals surface area contributed by atoms with Gasteiger partial charge in [0, 0.05) is 17.3 Å². The van der Waals surface area contributed by atoms with Crippen molar-refractivity contribution in [2.75, 3.05) is 11.9 Å². The van der Waals surface area contributed by atoms with E-state index in [1.807, 2.05) is 0 Å². The summed E-state index contributed by atoms with van der Waals surface area (Å²) in [7, 11) is 0. The van der Waals surface area contributed by atoms with Crippen LogP contribution >= 0.6 is 11.6 Å². The van der Waals surface area contributed by atoms with E-state index in [1.54, 1.807) is 25.1 Å². The van der Waals surface area contributed by atoms with Crippen molar-refractivity contribution in [1.82, 2.24) is 5.32 Å². The number of hydrogen-bond acceptors (Lipinski definition) is 2. The summed E-state index contributed by atoms with van der Waals surface area (Å²) in [6.45, 7) is 4.51. The number of nitrogens with one attached hydrogen (secondary N) is 2. The molecule has 0 radical (unpaired) electrons. The highest BCUT2D eigenvalue weighted by atomic mass is 35.5. The smallest absolute Gasteiger partial charge is 0.313 e. The Morgan fingerprint density at radius 3 is 2.45 bits per heavy atom. The first-order chi connectivity index (χ1) is 10.6. The highest BCUT2D eigenvalue weighted by molar-refractivity contribution is 6.40. The number of rotatable bonds is 8. The number of unbranched alkanes of at least 4 members (excludes halogenated alkanes) is 5. The van der Waals surface area contributed by atoms with Gasteiger partial charge in [0.15, 0.2) is 0 Å². The molecule has 0 aromatic heterocycles. The molecule has 0 bridgehead atoms. The van der Waals surface area contributed by atoms with E-state index in [0.717, 1.165) is 18.4 Å². The predicted molar refractivity (Wildman–Crippen MR) is 91.2 cm³/mol. The molecular weight excluding hydrogens is 300 g/mol. The van der Waals surface area contributed by atoms with Crippen LogP contribution in [0.5, 0.6) is 0 Å². The van der Waals surface area contributed by atoms with Gasteiger partial charge in [0.1, 0.15) is 0 Å². The first kappa shape index (κ1) is 18.5. The third kappa shape index (κ3) is 6.48. The van der Waals surface area contributed by atoms with Gasteiger partial charge in [0.05, 0.1) is 0 Å². The number of halogens is 1. The highest BCUT2D eigenvalue weighted by Crippen LogP contribution is 2.22. The first-order valence-corrected chi connectivity index (χ1v) is 8.28. The lowest BCUT2D eigenvalue weighted by Crippen LogP contribution is -2.36. The quantitative estimate of drug-likeness (QED) is 0.559. The van der Waals surface area contributed by atoms with E-state index in [2.05, 4.69) is 17.6 Å². The maximum Gasteiger partial charge on any atom is 0.313 e. The van der Waals surface area contributed by atoms with E-state index in [0.29, 0.717) is 17.3 Å². The molecule has 0 saturated heterocycles. The van der Waals surface area contributed by atoms with Gasteiger partial charge in [0.25, 0.3) is 0 Å². The zero-order valence-corrected chi connectivity index (χ0v) is 14.1. The highest BCUT2D eigenvalue weighted by Gasteiger charge is 2.14. The summed E-state index contributed by atoms with van der Waals surface area (Å²) in [4.78, 5) is 23.5. The molecule has 0 aliphatic carbocycles.